The number of hydrogen-bond donors (Lipinski definition) is 2. The van der Waals surface area contributed by atoms with Gasteiger partial charge in [0.15, 0.2) is 0 Å². The van der Waals surface area contributed by atoms with Gasteiger partial charge in [-0.25, -0.2) is 4.79 Å². The van der Waals surface area contributed by atoms with Gasteiger partial charge in [-0.1, -0.05) is 0 Å². The highest BCUT2D eigenvalue weighted by atomic mass is 32.2. The first-order valence-electron chi connectivity index (χ1n) is 5.70. The van der Waals surface area contributed by atoms with Crippen molar-refractivity contribution in [2.45, 2.75) is 18.9 Å². The van der Waals surface area contributed by atoms with Crippen LogP contribution < -0.4 is 10.6 Å². The molecule has 0 spiro atoms. The molecule has 0 radical (unpaired) electrons. The third-order valence-electron chi connectivity index (χ3n) is 2.98. The molecule has 0 saturated carbocycles. The minimum atomic E-state index is 0.0935. The molecule has 2 aliphatic heterocycles. The van der Waals surface area contributed by atoms with Crippen molar-refractivity contribution in [3.8, 4) is 0 Å². The van der Waals surface area contributed by atoms with E-state index in [4.69, 9.17) is 0 Å². The van der Waals surface area contributed by atoms with Gasteiger partial charge in [-0.05, 0) is 24.3 Å². The first-order valence-corrected chi connectivity index (χ1v) is 6.85. The summed E-state index contributed by atoms with van der Waals surface area (Å²) < 4.78 is 0. The van der Waals surface area contributed by atoms with E-state index in [9.17, 15) is 4.79 Å². The standard InChI is InChI=1S/C10H19N3OS/c14-10-12-4-6-13(10)5-3-11-9-1-7-15-8-2-9/h9,11H,1-8H2,(H,12,14). The summed E-state index contributed by atoms with van der Waals surface area (Å²) in [7, 11) is 0. The van der Waals surface area contributed by atoms with Crippen molar-refractivity contribution in [2.75, 3.05) is 37.7 Å². The fourth-order valence-electron chi connectivity index (χ4n) is 2.03. The number of amides is 2. The van der Waals surface area contributed by atoms with Gasteiger partial charge < -0.3 is 15.5 Å². The number of thioether (sulfide) groups is 1. The van der Waals surface area contributed by atoms with Crippen molar-refractivity contribution >= 4 is 17.8 Å². The summed E-state index contributed by atoms with van der Waals surface area (Å²) in [6.45, 7) is 3.44. The summed E-state index contributed by atoms with van der Waals surface area (Å²) in [5, 5.41) is 6.35. The Hall–Kier alpha value is -0.420. The van der Waals surface area contributed by atoms with Crippen molar-refractivity contribution in [1.29, 1.82) is 0 Å². The maximum absolute atomic E-state index is 11.2. The number of carbonyl (C=O) groups excluding carboxylic acids is 1. The minimum absolute atomic E-state index is 0.0935. The fourth-order valence-corrected chi connectivity index (χ4v) is 3.14. The zero-order valence-corrected chi connectivity index (χ0v) is 9.81. The zero-order chi connectivity index (χ0) is 10.5. The smallest absolute Gasteiger partial charge is 0.317 e. The average molecular weight is 229 g/mol. The summed E-state index contributed by atoms with van der Waals surface area (Å²) in [5.74, 6) is 2.56. The molecule has 2 rings (SSSR count). The lowest BCUT2D eigenvalue weighted by Gasteiger charge is -2.23. The van der Waals surface area contributed by atoms with E-state index in [1.807, 2.05) is 16.7 Å². The Balaban J connectivity index is 1.59. The molecule has 0 aliphatic carbocycles. The van der Waals surface area contributed by atoms with Crippen molar-refractivity contribution in [2.24, 2.45) is 0 Å². The van der Waals surface area contributed by atoms with E-state index in [0.29, 0.717) is 6.04 Å². The Morgan fingerprint density at radius 3 is 2.93 bits per heavy atom. The predicted molar refractivity (Wildman–Crippen MR) is 63.3 cm³/mol. The van der Waals surface area contributed by atoms with Gasteiger partial charge in [0.25, 0.3) is 0 Å². The lowest BCUT2D eigenvalue weighted by atomic mass is 10.1. The van der Waals surface area contributed by atoms with Crippen LogP contribution >= 0.6 is 11.8 Å². The normalized spacial score (nSPS) is 23.2. The van der Waals surface area contributed by atoms with Crippen molar-refractivity contribution < 1.29 is 4.79 Å². The second-order valence-electron chi connectivity index (χ2n) is 4.06. The van der Waals surface area contributed by atoms with Crippen LogP contribution in [-0.4, -0.2) is 54.7 Å². The van der Waals surface area contributed by atoms with E-state index in [1.165, 1.54) is 24.3 Å². The van der Waals surface area contributed by atoms with E-state index in [1.54, 1.807) is 0 Å². The van der Waals surface area contributed by atoms with Gasteiger partial charge in [0.05, 0.1) is 0 Å². The van der Waals surface area contributed by atoms with Crippen LogP contribution in [0, 0.1) is 0 Å². The second-order valence-corrected chi connectivity index (χ2v) is 5.28. The largest absolute Gasteiger partial charge is 0.336 e. The second kappa shape index (κ2) is 5.61. The number of rotatable bonds is 4. The molecule has 86 valence electrons. The van der Waals surface area contributed by atoms with Crippen LogP contribution in [0.1, 0.15) is 12.8 Å². The molecule has 2 fully saturated rings. The maximum atomic E-state index is 11.2. The van der Waals surface area contributed by atoms with E-state index < -0.39 is 0 Å². The summed E-state index contributed by atoms with van der Waals surface area (Å²) in [4.78, 5) is 13.1. The molecule has 2 N–H and O–H groups in total. The van der Waals surface area contributed by atoms with Crippen LogP contribution in [-0.2, 0) is 0 Å². The number of carbonyl (C=O) groups is 1. The SMILES string of the molecule is O=C1NCCN1CCNC1CCSCC1. The number of nitrogens with zero attached hydrogens (tertiary/aromatic N) is 1. The van der Waals surface area contributed by atoms with Crippen molar-refractivity contribution in [3.63, 3.8) is 0 Å². The van der Waals surface area contributed by atoms with Crippen molar-refractivity contribution in [1.82, 2.24) is 15.5 Å². The number of nitrogens with one attached hydrogen (secondary N) is 2. The summed E-state index contributed by atoms with van der Waals surface area (Å²) >= 11 is 2.04. The highest BCUT2D eigenvalue weighted by molar-refractivity contribution is 7.99. The molecule has 0 unspecified atom stereocenters. The Morgan fingerprint density at radius 1 is 1.47 bits per heavy atom. The molecule has 5 heteroatoms. The molecule has 2 saturated heterocycles. The van der Waals surface area contributed by atoms with E-state index in [-0.39, 0.29) is 6.03 Å². The van der Waals surface area contributed by atoms with Crippen molar-refractivity contribution in [3.05, 3.63) is 0 Å². The zero-order valence-electron chi connectivity index (χ0n) is 9.00. The fraction of sp³-hybridized carbons (Fsp3) is 0.900. The molecule has 0 aromatic carbocycles. The van der Waals surface area contributed by atoms with Gasteiger partial charge in [-0.2, -0.15) is 11.8 Å². The third-order valence-corrected chi connectivity index (χ3v) is 4.03. The predicted octanol–water partition coefficient (Wildman–Crippen LogP) is 0.497. The molecular formula is C10H19N3OS. The number of hydrogen-bond acceptors (Lipinski definition) is 3. The highest BCUT2D eigenvalue weighted by Crippen LogP contribution is 2.16. The van der Waals surface area contributed by atoms with Gasteiger partial charge >= 0.3 is 6.03 Å². The van der Waals surface area contributed by atoms with Crippen LogP contribution in [0.3, 0.4) is 0 Å². The summed E-state index contributed by atoms with van der Waals surface area (Å²) in [6.07, 6.45) is 2.55. The molecule has 2 amide bonds. The molecule has 0 bridgehead atoms. The quantitative estimate of drug-likeness (QED) is 0.738. The monoisotopic (exact) mass is 229 g/mol. The van der Waals surface area contributed by atoms with Crippen LogP contribution in [0.4, 0.5) is 4.79 Å². The van der Waals surface area contributed by atoms with Gasteiger partial charge in [-0.3, -0.25) is 0 Å². The first-order chi connectivity index (χ1) is 7.36. The summed E-state index contributed by atoms with van der Waals surface area (Å²) in [5.41, 5.74) is 0. The van der Waals surface area contributed by atoms with E-state index >= 15 is 0 Å². The molecule has 15 heavy (non-hydrogen) atoms. The van der Waals surface area contributed by atoms with E-state index in [2.05, 4.69) is 10.6 Å². The first kappa shape index (κ1) is 11.1. The highest BCUT2D eigenvalue weighted by Gasteiger charge is 2.19. The van der Waals surface area contributed by atoms with Crippen LogP contribution in [0.5, 0.6) is 0 Å². The van der Waals surface area contributed by atoms with Gasteiger partial charge in [0.1, 0.15) is 0 Å². The molecular weight excluding hydrogens is 210 g/mol. The molecule has 2 aliphatic rings. The topological polar surface area (TPSA) is 44.4 Å². The average Bonchev–Trinajstić information content (AvgIpc) is 2.66. The number of urea groups is 1. The maximum Gasteiger partial charge on any atom is 0.317 e. The lowest BCUT2D eigenvalue weighted by Crippen LogP contribution is -2.39. The van der Waals surface area contributed by atoms with Crippen LogP contribution in [0.25, 0.3) is 0 Å². The van der Waals surface area contributed by atoms with Crippen LogP contribution in [0.15, 0.2) is 0 Å². The molecule has 4 nitrogen and oxygen atoms in total. The summed E-state index contributed by atoms with van der Waals surface area (Å²) in [6, 6.07) is 0.771. The lowest BCUT2D eigenvalue weighted by molar-refractivity contribution is 0.216. The Morgan fingerprint density at radius 2 is 2.27 bits per heavy atom. The van der Waals surface area contributed by atoms with E-state index in [0.717, 1.165) is 26.2 Å². The Bertz CT molecular complexity index is 219. The Kier molecular flexibility index (Phi) is 4.14. The van der Waals surface area contributed by atoms with Crippen LogP contribution in [0.2, 0.25) is 0 Å². The molecule has 0 aromatic rings. The molecule has 0 atom stereocenters. The minimum Gasteiger partial charge on any atom is -0.336 e. The van der Waals surface area contributed by atoms with Gasteiger partial charge in [0, 0.05) is 32.2 Å². The molecule has 2 heterocycles. The Labute approximate surface area is 95.2 Å². The molecule has 0 aromatic heterocycles. The third kappa shape index (κ3) is 3.28. The van der Waals surface area contributed by atoms with Gasteiger partial charge in [-0.15, -0.1) is 0 Å². The van der Waals surface area contributed by atoms with Gasteiger partial charge in [0.2, 0.25) is 0 Å².